The zero-order valence-electron chi connectivity index (χ0n) is 10.4. The maximum Gasteiger partial charge on any atom is 0.225 e. The van der Waals surface area contributed by atoms with Gasteiger partial charge in [-0.15, -0.1) is 0 Å². The van der Waals surface area contributed by atoms with Crippen molar-refractivity contribution in [3.8, 4) is 0 Å². The third kappa shape index (κ3) is 3.02. The molecule has 0 aliphatic carbocycles. The normalized spacial score (nSPS) is 11.2. The average molecular weight is 254 g/mol. The second kappa shape index (κ2) is 6.32. The first kappa shape index (κ1) is 13.6. The van der Waals surface area contributed by atoms with Gasteiger partial charge in [-0.05, 0) is 45.1 Å². The molecule has 0 spiro atoms. The van der Waals surface area contributed by atoms with Crippen LogP contribution in [0.5, 0.6) is 0 Å². The summed E-state index contributed by atoms with van der Waals surface area (Å²) in [7, 11) is -1.07. The zero-order valence-corrected chi connectivity index (χ0v) is 12.1. The van der Waals surface area contributed by atoms with E-state index in [1.807, 2.05) is 18.2 Å². The molecule has 0 aromatic heterocycles. The van der Waals surface area contributed by atoms with Crippen LogP contribution in [0.4, 0.5) is 5.69 Å². The third-order valence-electron chi connectivity index (χ3n) is 3.27. The van der Waals surface area contributed by atoms with Crippen molar-refractivity contribution < 1.29 is 0 Å². The van der Waals surface area contributed by atoms with Crippen LogP contribution in [0, 0.1) is 0 Å². The summed E-state index contributed by atoms with van der Waals surface area (Å²) >= 11 is 5.61. The van der Waals surface area contributed by atoms with E-state index in [0.29, 0.717) is 0 Å². The van der Waals surface area contributed by atoms with E-state index in [1.165, 1.54) is 18.5 Å². The molecule has 0 fully saturated rings. The van der Waals surface area contributed by atoms with Crippen LogP contribution in [0.15, 0.2) is 30.3 Å². The average Bonchev–Trinajstić information content (AvgIpc) is 2.33. The van der Waals surface area contributed by atoms with Crippen LogP contribution in [0.25, 0.3) is 0 Å². The summed E-state index contributed by atoms with van der Waals surface area (Å²) in [5, 5.41) is 3.42. The Morgan fingerprint density at radius 3 is 2.00 bits per heavy atom. The van der Waals surface area contributed by atoms with Crippen LogP contribution in [0.1, 0.15) is 20.8 Å². The molecule has 0 bridgehead atoms. The largest absolute Gasteiger partial charge is 0.317 e. The molecule has 1 aromatic rings. The number of para-hydroxylation sites is 1. The third-order valence-corrected chi connectivity index (χ3v) is 9.14. The maximum atomic E-state index is 5.61. The first-order valence-electron chi connectivity index (χ1n) is 5.91. The number of nitrogens with one attached hydrogen (secondary N) is 1. The SMILES string of the molecule is CC[P+](CC)(CC)C(=S)Nc1ccccc1. The molecule has 88 valence electrons. The topological polar surface area (TPSA) is 12.0 Å². The van der Waals surface area contributed by atoms with Crippen molar-refractivity contribution in [2.24, 2.45) is 0 Å². The molecule has 0 radical (unpaired) electrons. The van der Waals surface area contributed by atoms with Crippen LogP contribution in [0.2, 0.25) is 0 Å². The first-order chi connectivity index (χ1) is 7.68. The van der Waals surface area contributed by atoms with Crippen molar-refractivity contribution in [1.29, 1.82) is 0 Å². The van der Waals surface area contributed by atoms with Crippen LogP contribution >= 0.6 is 19.5 Å². The van der Waals surface area contributed by atoms with Crippen molar-refractivity contribution in [3.63, 3.8) is 0 Å². The van der Waals surface area contributed by atoms with E-state index in [-0.39, 0.29) is 0 Å². The molecule has 0 amide bonds. The Labute approximate surface area is 105 Å². The second-order valence-corrected chi connectivity index (χ2v) is 9.24. The summed E-state index contributed by atoms with van der Waals surface area (Å²) in [4.78, 5) is 0. The van der Waals surface area contributed by atoms with Gasteiger partial charge < -0.3 is 5.32 Å². The van der Waals surface area contributed by atoms with E-state index in [4.69, 9.17) is 12.2 Å². The number of hydrogen-bond acceptors (Lipinski definition) is 1. The minimum atomic E-state index is -1.07. The number of thiocarbonyl (C=S) groups is 1. The molecule has 0 unspecified atom stereocenters. The molecule has 1 aromatic carbocycles. The summed E-state index contributed by atoms with van der Waals surface area (Å²) in [6.07, 6.45) is 3.62. The highest BCUT2D eigenvalue weighted by atomic mass is 32.1. The second-order valence-electron chi connectivity index (χ2n) is 3.89. The fraction of sp³-hybridized carbons (Fsp3) is 0.462. The van der Waals surface area contributed by atoms with Gasteiger partial charge in [-0.2, -0.15) is 0 Å². The van der Waals surface area contributed by atoms with Gasteiger partial charge in [0.25, 0.3) is 0 Å². The van der Waals surface area contributed by atoms with Crippen LogP contribution in [-0.4, -0.2) is 23.2 Å². The Bertz CT molecular complexity index is 325. The van der Waals surface area contributed by atoms with E-state index in [2.05, 4.69) is 38.2 Å². The van der Waals surface area contributed by atoms with Gasteiger partial charge in [0.15, 0.2) is 0 Å². The van der Waals surface area contributed by atoms with E-state index in [1.54, 1.807) is 0 Å². The predicted molar refractivity (Wildman–Crippen MR) is 81.2 cm³/mol. The Balaban J connectivity index is 2.78. The number of hydrogen-bond donors (Lipinski definition) is 1. The van der Waals surface area contributed by atoms with Crippen molar-refractivity contribution in [2.75, 3.05) is 23.8 Å². The maximum absolute atomic E-state index is 5.61. The summed E-state index contributed by atoms with van der Waals surface area (Å²) in [5.74, 6) is 0. The van der Waals surface area contributed by atoms with Crippen molar-refractivity contribution >= 4 is 29.9 Å². The Kier molecular flexibility index (Phi) is 5.37. The highest BCUT2D eigenvalue weighted by Crippen LogP contribution is 2.59. The fourth-order valence-electron chi connectivity index (χ4n) is 1.87. The molecular weight excluding hydrogens is 233 g/mol. The highest BCUT2D eigenvalue weighted by Gasteiger charge is 2.37. The van der Waals surface area contributed by atoms with Crippen molar-refractivity contribution in [3.05, 3.63) is 30.3 Å². The Morgan fingerprint density at radius 2 is 1.56 bits per heavy atom. The molecule has 0 saturated heterocycles. The minimum absolute atomic E-state index is 1.07. The molecule has 0 atom stereocenters. The van der Waals surface area contributed by atoms with Gasteiger partial charge >= 0.3 is 0 Å². The van der Waals surface area contributed by atoms with Crippen LogP contribution in [0.3, 0.4) is 0 Å². The quantitative estimate of drug-likeness (QED) is 0.615. The van der Waals surface area contributed by atoms with Gasteiger partial charge in [0.2, 0.25) is 4.73 Å². The number of anilines is 1. The van der Waals surface area contributed by atoms with Gasteiger partial charge in [0.05, 0.1) is 25.7 Å². The number of benzene rings is 1. The van der Waals surface area contributed by atoms with Crippen LogP contribution < -0.4 is 5.32 Å². The summed E-state index contributed by atoms with van der Waals surface area (Å²) < 4.78 is 1.09. The molecule has 0 aliphatic heterocycles. The first-order valence-corrected chi connectivity index (χ1v) is 8.66. The molecule has 0 saturated carbocycles. The van der Waals surface area contributed by atoms with Crippen LogP contribution in [-0.2, 0) is 0 Å². The van der Waals surface area contributed by atoms with Crippen molar-refractivity contribution in [2.45, 2.75) is 20.8 Å². The van der Waals surface area contributed by atoms with E-state index in [0.717, 1.165) is 10.4 Å². The Hall–Kier alpha value is -0.460. The molecular formula is C13H21NPS+. The molecule has 1 N–H and O–H groups in total. The van der Waals surface area contributed by atoms with E-state index < -0.39 is 7.26 Å². The minimum Gasteiger partial charge on any atom is -0.317 e. The van der Waals surface area contributed by atoms with E-state index in [9.17, 15) is 0 Å². The molecule has 0 aliphatic rings. The monoisotopic (exact) mass is 254 g/mol. The fourth-order valence-corrected chi connectivity index (χ4v) is 5.71. The van der Waals surface area contributed by atoms with Gasteiger partial charge in [-0.3, -0.25) is 0 Å². The lowest BCUT2D eigenvalue weighted by atomic mass is 10.3. The lowest BCUT2D eigenvalue weighted by Gasteiger charge is -2.24. The lowest BCUT2D eigenvalue weighted by Crippen LogP contribution is -2.19. The Morgan fingerprint density at radius 1 is 1.06 bits per heavy atom. The number of rotatable bonds is 5. The van der Waals surface area contributed by atoms with Gasteiger partial charge in [0.1, 0.15) is 0 Å². The van der Waals surface area contributed by atoms with E-state index >= 15 is 0 Å². The summed E-state index contributed by atoms with van der Waals surface area (Å²) in [6.45, 7) is 6.79. The van der Waals surface area contributed by atoms with Gasteiger partial charge in [0, 0.05) is 5.69 Å². The molecule has 1 rings (SSSR count). The molecule has 1 nitrogen and oxygen atoms in total. The van der Waals surface area contributed by atoms with Crippen molar-refractivity contribution in [1.82, 2.24) is 0 Å². The summed E-state index contributed by atoms with van der Waals surface area (Å²) in [6, 6.07) is 10.2. The molecule has 3 heteroatoms. The van der Waals surface area contributed by atoms with Gasteiger partial charge in [-0.25, -0.2) is 0 Å². The standard InChI is InChI=1S/C13H20NPS/c1-4-15(5-2,6-3)13(16)14-12-10-8-7-9-11-12/h7-11H,4-6H2,1-3H3/p+1. The smallest absolute Gasteiger partial charge is 0.225 e. The van der Waals surface area contributed by atoms with Gasteiger partial charge in [-0.1, -0.05) is 18.2 Å². The zero-order chi connectivity index (χ0) is 12.0. The highest BCUT2D eigenvalue weighted by molar-refractivity contribution is 8.07. The predicted octanol–water partition coefficient (Wildman–Crippen LogP) is 4.46. The lowest BCUT2D eigenvalue weighted by molar-refractivity contribution is 1.33. The summed E-state index contributed by atoms with van der Waals surface area (Å²) in [5.41, 5.74) is 1.12. The molecule has 16 heavy (non-hydrogen) atoms. The molecule has 0 heterocycles.